The first-order chi connectivity index (χ1) is 9.67. The van der Waals surface area contributed by atoms with Crippen molar-refractivity contribution in [2.24, 2.45) is 0 Å². The Labute approximate surface area is 135 Å². The topological polar surface area (TPSA) is 92.3 Å². The summed E-state index contributed by atoms with van der Waals surface area (Å²) in [7, 11) is -7.14. The lowest BCUT2D eigenvalue weighted by molar-refractivity contribution is 0.602. The highest BCUT2D eigenvalue weighted by molar-refractivity contribution is 9.10. The lowest BCUT2D eigenvalue weighted by Gasteiger charge is -2.09. The molecular formula is C11H11BrN2O4S3. The second-order valence-corrected chi connectivity index (χ2v) is 9.51. The van der Waals surface area contributed by atoms with E-state index in [1.54, 1.807) is 17.5 Å². The first-order valence-electron chi connectivity index (χ1n) is 5.51. The van der Waals surface area contributed by atoms with Gasteiger partial charge in [0.15, 0.2) is 4.21 Å². The number of hydrogen-bond donors (Lipinski definition) is 2. The number of benzene rings is 1. The highest BCUT2D eigenvalue weighted by Gasteiger charge is 2.19. The number of sulfonamides is 2. The van der Waals surface area contributed by atoms with E-state index in [4.69, 9.17) is 0 Å². The van der Waals surface area contributed by atoms with Crippen molar-refractivity contribution in [1.29, 1.82) is 0 Å². The molecule has 1 heterocycles. The number of halogens is 1. The Hall–Kier alpha value is -1.10. The quantitative estimate of drug-likeness (QED) is 0.792. The Balaban J connectivity index is 2.28. The minimum atomic E-state index is -3.72. The van der Waals surface area contributed by atoms with Gasteiger partial charge in [-0.3, -0.25) is 9.44 Å². The first-order valence-corrected chi connectivity index (χ1v) is 10.6. The molecule has 0 atom stereocenters. The molecule has 0 aliphatic carbocycles. The fourth-order valence-corrected chi connectivity index (χ4v) is 5.48. The molecule has 0 unspecified atom stereocenters. The zero-order chi connectivity index (χ0) is 15.7. The van der Waals surface area contributed by atoms with Gasteiger partial charge in [0.1, 0.15) is 0 Å². The zero-order valence-electron chi connectivity index (χ0n) is 10.7. The van der Waals surface area contributed by atoms with E-state index in [1.165, 1.54) is 18.2 Å². The molecular weight excluding hydrogens is 400 g/mol. The second-order valence-electron chi connectivity index (χ2n) is 4.12. The summed E-state index contributed by atoms with van der Waals surface area (Å²) >= 11 is 4.25. The van der Waals surface area contributed by atoms with Gasteiger partial charge in [0.2, 0.25) is 10.0 Å². The van der Waals surface area contributed by atoms with Gasteiger partial charge >= 0.3 is 0 Å². The van der Waals surface area contributed by atoms with E-state index in [-0.39, 0.29) is 15.6 Å². The summed E-state index contributed by atoms with van der Waals surface area (Å²) in [6.45, 7) is 0. The first kappa shape index (κ1) is 16.3. The Morgan fingerprint density at radius 1 is 1.05 bits per heavy atom. The van der Waals surface area contributed by atoms with Crippen LogP contribution in [-0.4, -0.2) is 23.1 Å². The summed E-state index contributed by atoms with van der Waals surface area (Å²) in [6, 6.07) is 7.65. The monoisotopic (exact) mass is 410 g/mol. The van der Waals surface area contributed by atoms with Crippen LogP contribution >= 0.6 is 27.3 Å². The van der Waals surface area contributed by atoms with Crippen molar-refractivity contribution < 1.29 is 16.8 Å². The van der Waals surface area contributed by atoms with Gasteiger partial charge < -0.3 is 0 Å². The van der Waals surface area contributed by atoms with Crippen LogP contribution in [0.3, 0.4) is 0 Å². The lowest BCUT2D eigenvalue weighted by atomic mass is 10.3. The number of nitrogens with one attached hydrogen (secondary N) is 2. The molecule has 0 aliphatic rings. The van der Waals surface area contributed by atoms with E-state index in [2.05, 4.69) is 25.4 Å². The highest BCUT2D eigenvalue weighted by atomic mass is 79.9. The molecule has 2 aromatic rings. The summed E-state index contributed by atoms with van der Waals surface area (Å²) in [6.07, 6.45) is 1.02. The van der Waals surface area contributed by atoms with Crippen LogP contribution < -0.4 is 9.44 Å². The van der Waals surface area contributed by atoms with Gasteiger partial charge in [-0.2, -0.15) is 0 Å². The van der Waals surface area contributed by atoms with Gasteiger partial charge in [-0.15, -0.1) is 11.3 Å². The molecule has 1 aromatic heterocycles. The van der Waals surface area contributed by atoms with E-state index in [0.717, 1.165) is 17.6 Å². The summed E-state index contributed by atoms with van der Waals surface area (Å²) in [5.74, 6) is 0. The summed E-state index contributed by atoms with van der Waals surface area (Å²) in [5.41, 5.74) is 0.548. The van der Waals surface area contributed by atoms with Crippen LogP contribution in [0.2, 0.25) is 0 Å². The predicted octanol–water partition coefficient (Wildman–Crippen LogP) is 2.68. The highest BCUT2D eigenvalue weighted by Crippen LogP contribution is 2.29. The maximum Gasteiger partial charge on any atom is 0.272 e. The fourth-order valence-electron chi connectivity index (χ4n) is 1.53. The smallest absolute Gasteiger partial charge is 0.272 e. The predicted molar refractivity (Wildman–Crippen MR) is 87.7 cm³/mol. The van der Waals surface area contributed by atoms with Crippen molar-refractivity contribution in [2.45, 2.75) is 4.21 Å². The van der Waals surface area contributed by atoms with Crippen molar-refractivity contribution in [3.05, 3.63) is 40.2 Å². The molecule has 1 aromatic carbocycles. The van der Waals surface area contributed by atoms with Crippen molar-refractivity contribution in [3.8, 4) is 0 Å². The van der Waals surface area contributed by atoms with E-state index < -0.39 is 20.0 Å². The van der Waals surface area contributed by atoms with Crippen molar-refractivity contribution in [2.75, 3.05) is 15.7 Å². The molecule has 0 saturated carbocycles. The van der Waals surface area contributed by atoms with E-state index >= 15 is 0 Å². The van der Waals surface area contributed by atoms with Crippen LogP contribution in [0.5, 0.6) is 0 Å². The standard InChI is InChI=1S/C11H11BrN2O4S3/c1-20(15,16)13-8-3-2-4-9(7-8)14-21(17,18)11-10(12)5-6-19-11/h2-7,13-14H,1H3. The van der Waals surface area contributed by atoms with Crippen LogP contribution in [0, 0.1) is 0 Å². The number of thiophene rings is 1. The van der Waals surface area contributed by atoms with Crippen molar-refractivity contribution in [1.82, 2.24) is 0 Å². The van der Waals surface area contributed by atoms with Gasteiger partial charge in [0.25, 0.3) is 10.0 Å². The second kappa shape index (κ2) is 5.95. The molecule has 10 heteroatoms. The molecule has 2 rings (SSSR count). The van der Waals surface area contributed by atoms with Gasteiger partial charge in [-0.05, 0) is 45.6 Å². The summed E-state index contributed by atoms with van der Waals surface area (Å²) < 4.78 is 52.1. The third kappa shape index (κ3) is 4.43. The van der Waals surface area contributed by atoms with Crippen molar-refractivity contribution in [3.63, 3.8) is 0 Å². The third-order valence-corrected chi connectivity index (χ3v) is 6.90. The molecule has 114 valence electrons. The molecule has 0 aliphatic heterocycles. The minimum absolute atomic E-state index is 0.156. The maximum atomic E-state index is 12.2. The SMILES string of the molecule is CS(=O)(=O)Nc1cccc(NS(=O)(=O)c2sccc2Br)c1. The number of hydrogen-bond acceptors (Lipinski definition) is 5. The van der Waals surface area contributed by atoms with E-state index in [1.807, 2.05) is 0 Å². The van der Waals surface area contributed by atoms with Crippen LogP contribution in [0.25, 0.3) is 0 Å². The minimum Gasteiger partial charge on any atom is -0.284 e. The molecule has 0 fully saturated rings. The Bertz CT molecular complexity index is 859. The molecule has 0 bridgehead atoms. The lowest BCUT2D eigenvalue weighted by Crippen LogP contribution is -2.13. The zero-order valence-corrected chi connectivity index (χ0v) is 14.7. The molecule has 6 nitrogen and oxygen atoms in total. The molecule has 0 radical (unpaired) electrons. The number of rotatable bonds is 5. The van der Waals surface area contributed by atoms with Crippen LogP contribution in [0.1, 0.15) is 0 Å². The Morgan fingerprint density at radius 2 is 1.67 bits per heavy atom. The fraction of sp³-hybridized carbons (Fsp3) is 0.0909. The van der Waals surface area contributed by atoms with Gasteiger partial charge in [0.05, 0.1) is 17.6 Å². The van der Waals surface area contributed by atoms with E-state index in [9.17, 15) is 16.8 Å². The van der Waals surface area contributed by atoms with Gasteiger partial charge in [-0.1, -0.05) is 6.07 Å². The molecule has 0 saturated heterocycles. The summed E-state index contributed by atoms with van der Waals surface area (Å²) in [5, 5.41) is 1.65. The van der Waals surface area contributed by atoms with Crippen LogP contribution in [0.4, 0.5) is 11.4 Å². The number of anilines is 2. The average molecular weight is 411 g/mol. The molecule has 0 amide bonds. The molecule has 0 spiro atoms. The van der Waals surface area contributed by atoms with Crippen LogP contribution in [-0.2, 0) is 20.0 Å². The van der Waals surface area contributed by atoms with E-state index in [0.29, 0.717) is 4.47 Å². The van der Waals surface area contributed by atoms with Crippen LogP contribution in [0.15, 0.2) is 44.4 Å². The van der Waals surface area contributed by atoms with Gasteiger partial charge in [0, 0.05) is 4.47 Å². The Kier molecular flexibility index (Phi) is 4.61. The summed E-state index contributed by atoms with van der Waals surface area (Å²) in [4.78, 5) is 0. The van der Waals surface area contributed by atoms with Crippen molar-refractivity contribution >= 4 is 58.7 Å². The third-order valence-electron chi connectivity index (χ3n) is 2.25. The molecule has 21 heavy (non-hydrogen) atoms. The normalized spacial score (nSPS) is 12.1. The largest absolute Gasteiger partial charge is 0.284 e. The Morgan fingerprint density at radius 3 is 2.19 bits per heavy atom. The maximum absolute atomic E-state index is 12.2. The molecule has 2 N–H and O–H groups in total. The average Bonchev–Trinajstić information content (AvgIpc) is 2.73. The van der Waals surface area contributed by atoms with Gasteiger partial charge in [-0.25, -0.2) is 16.8 Å².